The van der Waals surface area contributed by atoms with Gasteiger partial charge in [0.15, 0.2) is 0 Å². The minimum Gasteiger partial charge on any atom is -0.406 e. The molecule has 1 aromatic carbocycles. The first-order valence-corrected chi connectivity index (χ1v) is 8.92. The average Bonchev–Trinajstić information content (AvgIpc) is 2.55. The van der Waals surface area contributed by atoms with Gasteiger partial charge in [-0.05, 0) is 87.3 Å². The van der Waals surface area contributed by atoms with Crippen LogP contribution in [0.1, 0.15) is 63.4 Å². The van der Waals surface area contributed by atoms with Crippen LogP contribution in [0.25, 0.3) is 0 Å². The van der Waals surface area contributed by atoms with E-state index in [9.17, 15) is 13.2 Å². The Morgan fingerprint density at radius 1 is 0.917 bits per heavy atom. The first kappa shape index (κ1) is 17.4. The second-order valence-electron chi connectivity index (χ2n) is 7.31. The third-order valence-electron chi connectivity index (χ3n) is 5.70. The highest BCUT2D eigenvalue weighted by atomic mass is 19.4. The average molecular weight is 338 g/mol. The maximum absolute atomic E-state index is 12.2. The molecule has 1 atom stereocenters. The van der Waals surface area contributed by atoms with Crippen LogP contribution >= 0.6 is 0 Å². The summed E-state index contributed by atoms with van der Waals surface area (Å²) >= 11 is 0. The fraction of sp³-hybridized carbons (Fsp3) is 0.600. The van der Waals surface area contributed by atoms with Gasteiger partial charge in [0.05, 0.1) is 0 Å². The van der Waals surface area contributed by atoms with E-state index in [2.05, 4.69) is 17.7 Å². The van der Waals surface area contributed by atoms with E-state index in [1.807, 2.05) is 0 Å². The van der Waals surface area contributed by atoms with Crippen molar-refractivity contribution in [1.82, 2.24) is 0 Å². The van der Waals surface area contributed by atoms with E-state index >= 15 is 0 Å². The molecule has 1 aromatic rings. The Morgan fingerprint density at radius 3 is 2.12 bits per heavy atom. The lowest BCUT2D eigenvalue weighted by atomic mass is 9.70. The van der Waals surface area contributed by atoms with Gasteiger partial charge in [0.1, 0.15) is 5.75 Å². The van der Waals surface area contributed by atoms with Gasteiger partial charge < -0.3 is 4.74 Å². The van der Waals surface area contributed by atoms with Crippen LogP contribution in [0.4, 0.5) is 13.2 Å². The van der Waals surface area contributed by atoms with Gasteiger partial charge in [0, 0.05) is 0 Å². The zero-order valence-electron chi connectivity index (χ0n) is 14.1. The molecule has 0 saturated heterocycles. The maximum atomic E-state index is 12.2. The molecule has 2 aliphatic rings. The van der Waals surface area contributed by atoms with E-state index in [0.29, 0.717) is 5.92 Å². The van der Waals surface area contributed by atoms with Gasteiger partial charge in [-0.25, -0.2) is 0 Å². The Labute approximate surface area is 141 Å². The molecule has 0 amide bonds. The molecule has 4 heteroatoms. The Hall–Kier alpha value is -1.45. The van der Waals surface area contributed by atoms with Crippen LogP contribution in [0.3, 0.4) is 0 Å². The first-order valence-electron chi connectivity index (χ1n) is 8.92. The van der Waals surface area contributed by atoms with Crippen molar-refractivity contribution in [3.63, 3.8) is 0 Å². The molecule has 3 rings (SSSR count). The van der Waals surface area contributed by atoms with E-state index in [4.69, 9.17) is 0 Å². The summed E-state index contributed by atoms with van der Waals surface area (Å²) in [5.41, 5.74) is 2.67. The highest BCUT2D eigenvalue weighted by molar-refractivity contribution is 5.30. The lowest BCUT2D eigenvalue weighted by Gasteiger charge is -2.35. The Morgan fingerprint density at radius 2 is 1.58 bits per heavy atom. The minimum absolute atomic E-state index is 0.135. The van der Waals surface area contributed by atoms with Crippen molar-refractivity contribution >= 4 is 0 Å². The summed E-state index contributed by atoms with van der Waals surface area (Å²) in [6.07, 6.45) is 6.34. The molecule has 0 spiro atoms. The number of allylic oxidation sites excluding steroid dienone is 2. The van der Waals surface area contributed by atoms with Crippen molar-refractivity contribution in [2.75, 3.05) is 0 Å². The Bertz CT molecular complexity index is 566. The largest absolute Gasteiger partial charge is 0.573 e. The van der Waals surface area contributed by atoms with Crippen LogP contribution in [0.15, 0.2) is 35.9 Å². The van der Waals surface area contributed by atoms with Gasteiger partial charge in [-0.1, -0.05) is 23.8 Å². The summed E-state index contributed by atoms with van der Waals surface area (Å²) in [7, 11) is 0. The van der Waals surface area contributed by atoms with E-state index in [1.54, 1.807) is 12.1 Å². The van der Waals surface area contributed by atoms with Crippen molar-refractivity contribution in [1.29, 1.82) is 0 Å². The molecule has 0 bridgehead atoms. The molecule has 0 heterocycles. The molecule has 132 valence electrons. The highest BCUT2D eigenvalue weighted by Crippen LogP contribution is 2.42. The summed E-state index contributed by atoms with van der Waals surface area (Å²) in [5, 5.41) is 0. The molecular weight excluding hydrogens is 313 g/mol. The van der Waals surface area contributed by atoms with E-state index < -0.39 is 6.36 Å². The molecule has 0 aromatic heterocycles. The smallest absolute Gasteiger partial charge is 0.406 e. The van der Waals surface area contributed by atoms with Crippen LogP contribution in [-0.4, -0.2) is 6.36 Å². The van der Waals surface area contributed by atoms with Crippen molar-refractivity contribution in [2.24, 2.45) is 11.8 Å². The molecule has 0 radical (unpaired) electrons. The van der Waals surface area contributed by atoms with Crippen molar-refractivity contribution in [3.8, 4) is 5.75 Å². The summed E-state index contributed by atoms with van der Waals surface area (Å²) in [4.78, 5) is 0. The number of hydrogen-bond acceptors (Lipinski definition) is 1. The van der Waals surface area contributed by atoms with Crippen LogP contribution in [0.2, 0.25) is 0 Å². The van der Waals surface area contributed by atoms with Crippen LogP contribution in [0, 0.1) is 11.8 Å². The summed E-state index contributed by atoms with van der Waals surface area (Å²) < 4.78 is 40.6. The second kappa shape index (κ2) is 7.20. The van der Waals surface area contributed by atoms with E-state index in [1.165, 1.54) is 49.8 Å². The third-order valence-corrected chi connectivity index (χ3v) is 5.70. The van der Waals surface area contributed by atoms with Gasteiger partial charge >= 0.3 is 6.36 Å². The van der Waals surface area contributed by atoms with Gasteiger partial charge in [0.25, 0.3) is 0 Å². The maximum Gasteiger partial charge on any atom is 0.573 e. The van der Waals surface area contributed by atoms with Crippen molar-refractivity contribution < 1.29 is 17.9 Å². The molecule has 1 nitrogen and oxygen atoms in total. The van der Waals surface area contributed by atoms with Crippen molar-refractivity contribution in [3.05, 3.63) is 41.5 Å². The summed E-state index contributed by atoms with van der Waals surface area (Å²) in [6.45, 7) is 2.22. The van der Waals surface area contributed by atoms with E-state index in [-0.39, 0.29) is 5.75 Å². The molecule has 0 N–H and O–H groups in total. The summed E-state index contributed by atoms with van der Waals surface area (Å²) in [5.74, 6) is 1.99. The molecule has 0 aliphatic heterocycles. The van der Waals surface area contributed by atoms with Gasteiger partial charge in [-0.15, -0.1) is 13.2 Å². The minimum atomic E-state index is -4.62. The molecule has 2 aliphatic carbocycles. The molecule has 24 heavy (non-hydrogen) atoms. The fourth-order valence-electron chi connectivity index (χ4n) is 4.28. The van der Waals surface area contributed by atoms with Crippen molar-refractivity contribution in [2.45, 2.75) is 64.1 Å². The highest BCUT2D eigenvalue weighted by Gasteiger charge is 2.31. The van der Waals surface area contributed by atoms with E-state index in [0.717, 1.165) is 30.2 Å². The number of alkyl halides is 3. The lowest BCUT2D eigenvalue weighted by molar-refractivity contribution is -0.274. The molecule has 1 unspecified atom stereocenters. The normalized spacial score (nSPS) is 28.3. The number of ether oxygens (including phenoxy) is 1. The van der Waals surface area contributed by atoms with Crippen LogP contribution < -0.4 is 4.74 Å². The monoisotopic (exact) mass is 338 g/mol. The van der Waals surface area contributed by atoms with Crippen LogP contribution in [0.5, 0.6) is 5.75 Å². The lowest BCUT2D eigenvalue weighted by Crippen LogP contribution is -2.22. The molecule has 1 saturated carbocycles. The zero-order chi connectivity index (χ0) is 17.2. The SMILES string of the molecule is CC1=CCC(C2CCC(c3ccc(OC(F)(F)F)cc3)CC2)CC1. The summed E-state index contributed by atoms with van der Waals surface area (Å²) in [6, 6.07) is 6.45. The number of benzene rings is 1. The molecular formula is C20H25F3O. The standard InChI is InChI=1S/C20H25F3O/c1-14-2-4-15(5-3-14)16-6-8-17(9-7-16)18-10-12-19(13-11-18)24-20(21,22)23/h2,10-13,15-17H,3-9H2,1H3. The third kappa shape index (κ3) is 4.55. The number of rotatable bonds is 3. The zero-order valence-corrected chi connectivity index (χ0v) is 14.1. The predicted octanol–water partition coefficient (Wildman–Crippen LogP) is 6.61. The van der Waals surface area contributed by atoms with Gasteiger partial charge in [-0.3, -0.25) is 0 Å². The Balaban J connectivity index is 1.53. The predicted molar refractivity (Wildman–Crippen MR) is 88.9 cm³/mol. The molecule has 1 fully saturated rings. The number of halogens is 3. The second-order valence-corrected chi connectivity index (χ2v) is 7.31. The van der Waals surface area contributed by atoms with Gasteiger partial charge in [0.2, 0.25) is 0 Å². The first-order chi connectivity index (χ1) is 11.4. The number of hydrogen-bond donors (Lipinski definition) is 0. The quantitative estimate of drug-likeness (QED) is 0.564. The Kier molecular flexibility index (Phi) is 5.21. The van der Waals surface area contributed by atoms with Crippen LogP contribution in [-0.2, 0) is 0 Å². The van der Waals surface area contributed by atoms with Gasteiger partial charge in [-0.2, -0.15) is 0 Å². The fourth-order valence-corrected chi connectivity index (χ4v) is 4.28. The topological polar surface area (TPSA) is 9.23 Å².